The van der Waals surface area contributed by atoms with Crippen molar-refractivity contribution in [3.8, 4) is 0 Å². The second kappa shape index (κ2) is 8.88. The van der Waals surface area contributed by atoms with Crippen molar-refractivity contribution in [1.82, 2.24) is 4.90 Å². The highest BCUT2D eigenvalue weighted by Gasteiger charge is 2.30. The number of aryl methyl sites for hydroxylation is 1. The largest absolute Gasteiger partial charge is 0.369 e. The average Bonchev–Trinajstić information content (AvgIpc) is 2.87. The zero-order valence-corrected chi connectivity index (χ0v) is 19.4. The van der Waals surface area contributed by atoms with Gasteiger partial charge in [0, 0.05) is 59.8 Å². The first-order valence-electron chi connectivity index (χ1n) is 11.6. The van der Waals surface area contributed by atoms with E-state index in [9.17, 15) is 14.4 Å². The van der Waals surface area contributed by atoms with Crippen LogP contribution in [0.2, 0.25) is 0 Å². The smallest absolute Gasteiger partial charge is 0.241 e. The summed E-state index contributed by atoms with van der Waals surface area (Å²) in [7, 11) is 0. The standard InChI is InChI=1S/C28H27N3O3/c1-18-7-3-6-10-25(18)31-15-13-30(14-16-31)19(2)28(34)29-20-11-12-23-24(17-20)27(33)22-9-5-4-8-21(22)26(23)32/h3-12,17,19H,13-16H2,1-2H3,(H,29,34)/t19-/m0/s1. The van der Waals surface area contributed by atoms with Crippen LogP contribution in [0.25, 0.3) is 0 Å². The van der Waals surface area contributed by atoms with Crippen molar-refractivity contribution >= 4 is 28.8 Å². The Bertz CT molecular complexity index is 1290. The minimum Gasteiger partial charge on any atom is -0.369 e. The van der Waals surface area contributed by atoms with E-state index in [4.69, 9.17) is 0 Å². The van der Waals surface area contributed by atoms with Crippen LogP contribution in [0.4, 0.5) is 11.4 Å². The maximum atomic E-state index is 13.0. The summed E-state index contributed by atoms with van der Waals surface area (Å²) < 4.78 is 0. The number of anilines is 2. The Hall–Kier alpha value is -3.77. The molecular weight excluding hydrogens is 426 g/mol. The minimum absolute atomic E-state index is 0.126. The molecule has 1 amide bonds. The molecule has 6 nitrogen and oxygen atoms in total. The monoisotopic (exact) mass is 453 g/mol. The summed E-state index contributed by atoms with van der Waals surface area (Å²) in [6.07, 6.45) is 0. The SMILES string of the molecule is Cc1ccccc1N1CCN([C@@H](C)C(=O)Nc2ccc3c(c2)C(=O)c2ccccc2C3=O)CC1. The lowest BCUT2D eigenvalue weighted by atomic mass is 9.84. The Morgan fingerprint density at radius 2 is 1.38 bits per heavy atom. The van der Waals surface area contributed by atoms with E-state index in [0.29, 0.717) is 27.9 Å². The van der Waals surface area contributed by atoms with E-state index < -0.39 is 0 Å². The summed E-state index contributed by atoms with van der Waals surface area (Å²) >= 11 is 0. The number of nitrogens with one attached hydrogen (secondary N) is 1. The molecule has 1 atom stereocenters. The molecule has 34 heavy (non-hydrogen) atoms. The van der Waals surface area contributed by atoms with Crippen LogP contribution in [-0.4, -0.2) is 54.6 Å². The van der Waals surface area contributed by atoms with Gasteiger partial charge in [-0.3, -0.25) is 19.3 Å². The number of carbonyl (C=O) groups is 3. The molecule has 1 fully saturated rings. The third-order valence-corrected chi connectivity index (χ3v) is 6.89. The number of para-hydroxylation sites is 1. The first-order valence-corrected chi connectivity index (χ1v) is 11.6. The van der Waals surface area contributed by atoms with Crippen molar-refractivity contribution in [2.24, 2.45) is 0 Å². The first-order chi connectivity index (χ1) is 16.4. The number of hydrogen-bond donors (Lipinski definition) is 1. The van der Waals surface area contributed by atoms with Crippen LogP contribution in [0, 0.1) is 6.92 Å². The fraction of sp³-hybridized carbons (Fsp3) is 0.250. The fourth-order valence-corrected chi connectivity index (χ4v) is 4.86. The summed E-state index contributed by atoms with van der Waals surface area (Å²) in [5.74, 6) is -0.482. The van der Waals surface area contributed by atoms with Gasteiger partial charge in [0.2, 0.25) is 5.91 Å². The lowest BCUT2D eigenvalue weighted by Crippen LogP contribution is -2.53. The highest BCUT2D eigenvalue weighted by atomic mass is 16.2. The molecule has 6 heteroatoms. The predicted octanol–water partition coefficient (Wildman–Crippen LogP) is 3.92. The van der Waals surface area contributed by atoms with Gasteiger partial charge in [-0.25, -0.2) is 0 Å². The molecule has 1 heterocycles. The molecule has 2 aliphatic rings. The van der Waals surface area contributed by atoms with Gasteiger partial charge in [-0.1, -0.05) is 42.5 Å². The number of piperazine rings is 1. The van der Waals surface area contributed by atoms with Gasteiger partial charge >= 0.3 is 0 Å². The molecule has 0 radical (unpaired) electrons. The van der Waals surface area contributed by atoms with E-state index in [1.807, 2.05) is 13.0 Å². The van der Waals surface area contributed by atoms with Gasteiger partial charge < -0.3 is 10.2 Å². The van der Waals surface area contributed by atoms with Crippen molar-refractivity contribution in [2.45, 2.75) is 19.9 Å². The van der Waals surface area contributed by atoms with Crippen LogP contribution in [0.15, 0.2) is 66.7 Å². The molecule has 1 saturated heterocycles. The Morgan fingerprint density at radius 3 is 2.06 bits per heavy atom. The number of rotatable bonds is 4. The summed E-state index contributed by atoms with van der Waals surface area (Å²) in [5.41, 5.74) is 4.57. The third-order valence-electron chi connectivity index (χ3n) is 6.89. The predicted molar refractivity (Wildman–Crippen MR) is 133 cm³/mol. The number of hydrogen-bond acceptors (Lipinski definition) is 5. The van der Waals surface area contributed by atoms with Gasteiger partial charge in [0.05, 0.1) is 6.04 Å². The van der Waals surface area contributed by atoms with Gasteiger partial charge in [0.1, 0.15) is 0 Å². The van der Waals surface area contributed by atoms with Crippen LogP contribution in [-0.2, 0) is 4.79 Å². The number of carbonyl (C=O) groups excluding carboxylic acids is 3. The third kappa shape index (κ3) is 3.90. The molecule has 3 aromatic carbocycles. The number of fused-ring (bicyclic) bond motifs is 2. The molecule has 1 N–H and O–H groups in total. The molecule has 1 aliphatic heterocycles. The highest BCUT2D eigenvalue weighted by Crippen LogP contribution is 2.29. The summed E-state index contributed by atoms with van der Waals surface area (Å²) in [6, 6.07) is 19.8. The topological polar surface area (TPSA) is 69.7 Å². The lowest BCUT2D eigenvalue weighted by Gasteiger charge is -2.39. The maximum absolute atomic E-state index is 13.0. The van der Waals surface area contributed by atoms with Crippen molar-refractivity contribution in [1.29, 1.82) is 0 Å². The van der Waals surface area contributed by atoms with Crippen LogP contribution in [0.5, 0.6) is 0 Å². The quantitative estimate of drug-likeness (QED) is 0.507. The number of benzene rings is 3. The van der Waals surface area contributed by atoms with Gasteiger partial charge in [0.25, 0.3) is 0 Å². The molecule has 0 aromatic heterocycles. The highest BCUT2D eigenvalue weighted by molar-refractivity contribution is 6.28. The zero-order valence-electron chi connectivity index (χ0n) is 19.4. The molecule has 0 spiro atoms. The van der Waals surface area contributed by atoms with E-state index >= 15 is 0 Å². The van der Waals surface area contributed by atoms with Crippen LogP contribution in [0.1, 0.15) is 44.3 Å². The molecule has 0 unspecified atom stereocenters. The van der Waals surface area contributed by atoms with Gasteiger partial charge in [-0.15, -0.1) is 0 Å². The summed E-state index contributed by atoms with van der Waals surface area (Å²) in [5, 5.41) is 2.94. The molecule has 0 saturated carbocycles. The van der Waals surface area contributed by atoms with Crippen molar-refractivity contribution in [2.75, 3.05) is 36.4 Å². The molecule has 0 bridgehead atoms. The zero-order chi connectivity index (χ0) is 23.8. The van der Waals surface area contributed by atoms with Crippen LogP contribution < -0.4 is 10.2 Å². The van der Waals surface area contributed by atoms with Gasteiger partial charge in [0.15, 0.2) is 11.6 Å². The van der Waals surface area contributed by atoms with Gasteiger partial charge in [-0.2, -0.15) is 0 Å². The second-order valence-electron chi connectivity index (χ2n) is 8.94. The number of amides is 1. The summed E-state index contributed by atoms with van der Waals surface area (Å²) in [6.45, 7) is 7.32. The number of ketones is 2. The van der Waals surface area contributed by atoms with Crippen LogP contribution in [0.3, 0.4) is 0 Å². The summed E-state index contributed by atoms with van der Waals surface area (Å²) in [4.78, 5) is 43.3. The van der Waals surface area contributed by atoms with E-state index in [2.05, 4.69) is 40.2 Å². The van der Waals surface area contributed by atoms with Crippen LogP contribution >= 0.6 is 0 Å². The van der Waals surface area contributed by atoms with Crippen molar-refractivity contribution < 1.29 is 14.4 Å². The average molecular weight is 454 g/mol. The van der Waals surface area contributed by atoms with E-state index in [-0.39, 0.29) is 23.5 Å². The van der Waals surface area contributed by atoms with Crippen molar-refractivity contribution in [3.63, 3.8) is 0 Å². The Balaban J connectivity index is 1.26. The number of nitrogens with zero attached hydrogens (tertiary/aromatic N) is 2. The molecular formula is C28H27N3O3. The van der Waals surface area contributed by atoms with E-state index in [0.717, 1.165) is 26.2 Å². The Labute approximate surface area is 199 Å². The van der Waals surface area contributed by atoms with Crippen molar-refractivity contribution in [3.05, 3.63) is 94.5 Å². The fourth-order valence-electron chi connectivity index (χ4n) is 4.86. The maximum Gasteiger partial charge on any atom is 0.241 e. The minimum atomic E-state index is -0.312. The molecule has 1 aliphatic carbocycles. The Morgan fingerprint density at radius 1 is 0.794 bits per heavy atom. The Kier molecular flexibility index (Phi) is 5.75. The molecule has 3 aromatic rings. The molecule has 172 valence electrons. The normalized spacial score (nSPS) is 16.6. The van der Waals surface area contributed by atoms with Gasteiger partial charge in [-0.05, 0) is 43.7 Å². The second-order valence-corrected chi connectivity index (χ2v) is 8.94. The molecule has 5 rings (SSSR count). The van der Waals surface area contributed by atoms with E-state index in [1.54, 1.807) is 42.5 Å². The first kappa shape index (κ1) is 22.0. The lowest BCUT2D eigenvalue weighted by molar-refractivity contribution is -0.120. The van der Waals surface area contributed by atoms with E-state index in [1.165, 1.54) is 11.3 Å².